The van der Waals surface area contributed by atoms with Crippen LogP contribution in [-0.2, 0) is 23.0 Å². The Hall–Kier alpha value is -0.910. The predicted octanol–water partition coefficient (Wildman–Crippen LogP) is 2.27. The topological polar surface area (TPSA) is 63.4 Å². The van der Waals surface area contributed by atoms with Crippen molar-refractivity contribution in [2.75, 3.05) is 6.54 Å². The van der Waals surface area contributed by atoms with Crippen LogP contribution in [0, 0.1) is 0 Å². The fourth-order valence-corrected chi connectivity index (χ4v) is 4.86. The zero-order chi connectivity index (χ0) is 14.8. The van der Waals surface area contributed by atoms with E-state index in [-0.39, 0.29) is 6.04 Å². The second kappa shape index (κ2) is 6.24. The Balaban J connectivity index is 2.47. The second-order valence-electron chi connectivity index (χ2n) is 5.46. The molecule has 0 saturated carbocycles. The van der Waals surface area contributed by atoms with Crippen molar-refractivity contribution < 1.29 is 8.42 Å². The van der Waals surface area contributed by atoms with Crippen molar-refractivity contribution in [1.82, 2.24) is 4.31 Å². The Morgan fingerprint density at radius 2 is 2.10 bits per heavy atom. The SMILES string of the molecule is CCc1ccc(CN)cc1S(=O)(=O)N1CCCCC1C. The summed E-state index contributed by atoms with van der Waals surface area (Å²) in [6.07, 6.45) is 3.71. The largest absolute Gasteiger partial charge is 0.326 e. The highest BCUT2D eigenvalue weighted by Gasteiger charge is 2.32. The summed E-state index contributed by atoms with van der Waals surface area (Å²) in [5, 5.41) is 0. The standard InChI is InChI=1S/C15H24N2O2S/c1-3-14-8-7-13(11-16)10-15(14)20(18,19)17-9-5-4-6-12(17)2/h7-8,10,12H,3-6,9,11,16H2,1-2H3. The molecule has 20 heavy (non-hydrogen) atoms. The smallest absolute Gasteiger partial charge is 0.243 e. The maximum atomic E-state index is 12.9. The molecule has 1 atom stereocenters. The summed E-state index contributed by atoms with van der Waals surface area (Å²) in [7, 11) is -3.41. The third-order valence-corrected chi connectivity index (χ3v) is 6.17. The Labute approximate surface area is 122 Å². The van der Waals surface area contributed by atoms with E-state index < -0.39 is 10.0 Å². The lowest BCUT2D eigenvalue weighted by atomic mass is 10.1. The molecular formula is C15H24N2O2S. The molecule has 1 heterocycles. The van der Waals surface area contributed by atoms with Gasteiger partial charge in [-0.1, -0.05) is 25.5 Å². The average Bonchev–Trinajstić information content (AvgIpc) is 2.46. The number of aryl methyl sites for hydroxylation is 1. The van der Waals surface area contributed by atoms with Crippen molar-refractivity contribution in [2.24, 2.45) is 5.73 Å². The van der Waals surface area contributed by atoms with Crippen molar-refractivity contribution in [2.45, 2.75) is 57.0 Å². The van der Waals surface area contributed by atoms with Crippen molar-refractivity contribution in [3.63, 3.8) is 0 Å². The van der Waals surface area contributed by atoms with Gasteiger partial charge in [0, 0.05) is 19.1 Å². The molecular weight excluding hydrogens is 272 g/mol. The maximum absolute atomic E-state index is 12.9. The molecule has 1 aliphatic heterocycles. The number of sulfonamides is 1. The van der Waals surface area contributed by atoms with Crippen LogP contribution in [-0.4, -0.2) is 25.3 Å². The van der Waals surface area contributed by atoms with Gasteiger partial charge in [0.2, 0.25) is 10.0 Å². The van der Waals surface area contributed by atoms with Gasteiger partial charge in [-0.15, -0.1) is 0 Å². The van der Waals surface area contributed by atoms with Crippen molar-refractivity contribution in [3.05, 3.63) is 29.3 Å². The number of nitrogens with zero attached hydrogens (tertiary/aromatic N) is 1. The maximum Gasteiger partial charge on any atom is 0.243 e. The van der Waals surface area contributed by atoms with Crippen LogP contribution in [0.15, 0.2) is 23.1 Å². The number of hydrogen-bond acceptors (Lipinski definition) is 3. The highest BCUT2D eigenvalue weighted by molar-refractivity contribution is 7.89. The fraction of sp³-hybridized carbons (Fsp3) is 0.600. The molecule has 4 nitrogen and oxygen atoms in total. The van der Waals surface area contributed by atoms with Crippen LogP contribution >= 0.6 is 0 Å². The molecule has 2 N–H and O–H groups in total. The summed E-state index contributed by atoms with van der Waals surface area (Å²) in [4.78, 5) is 0.441. The Morgan fingerprint density at radius 3 is 2.70 bits per heavy atom. The first-order valence-corrected chi connectivity index (χ1v) is 8.78. The molecule has 1 aromatic carbocycles. The van der Waals surface area contributed by atoms with E-state index in [1.807, 2.05) is 26.0 Å². The van der Waals surface area contributed by atoms with Gasteiger partial charge in [0.05, 0.1) is 4.90 Å². The van der Waals surface area contributed by atoms with Crippen LogP contribution in [0.4, 0.5) is 0 Å². The fourth-order valence-electron chi connectivity index (χ4n) is 2.81. The number of nitrogens with two attached hydrogens (primary N) is 1. The molecule has 0 aromatic heterocycles. The lowest BCUT2D eigenvalue weighted by Crippen LogP contribution is -2.42. The minimum Gasteiger partial charge on any atom is -0.326 e. The molecule has 5 heteroatoms. The molecule has 2 rings (SSSR count). The van der Waals surface area contributed by atoms with Crippen molar-refractivity contribution in [3.8, 4) is 0 Å². The lowest BCUT2D eigenvalue weighted by Gasteiger charge is -2.33. The van der Waals surface area contributed by atoms with Gasteiger partial charge >= 0.3 is 0 Å². The Bertz CT molecular complexity index is 569. The summed E-state index contributed by atoms with van der Waals surface area (Å²) in [5.74, 6) is 0. The van der Waals surface area contributed by atoms with Gasteiger partial charge in [-0.25, -0.2) is 8.42 Å². The average molecular weight is 296 g/mol. The third-order valence-electron chi connectivity index (χ3n) is 4.08. The van der Waals surface area contributed by atoms with Crippen molar-refractivity contribution >= 4 is 10.0 Å². The first-order chi connectivity index (χ1) is 9.50. The summed E-state index contributed by atoms with van der Waals surface area (Å²) >= 11 is 0. The van der Waals surface area contributed by atoms with E-state index in [0.717, 1.165) is 30.4 Å². The minimum absolute atomic E-state index is 0.0833. The molecule has 1 fully saturated rings. The molecule has 0 bridgehead atoms. The Kier molecular flexibility index (Phi) is 4.83. The first kappa shape index (κ1) is 15.5. The number of hydrogen-bond donors (Lipinski definition) is 1. The quantitative estimate of drug-likeness (QED) is 0.927. The van der Waals surface area contributed by atoms with Crippen LogP contribution in [0.3, 0.4) is 0 Å². The minimum atomic E-state index is -3.41. The zero-order valence-electron chi connectivity index (χ0n) is 12.3. The molecule has 0 amide bonds. The van der Waals surface area contributed by atoms with Gasteiger partial charge in [-0.05, 0) is 43.4 Å². The monoisotopic (exact) mass is 296 g/mol. The van der Waals surface area contributed by atoms with E-state index in [1.54, 1.807) is 10.4 Å². The normalized spacial score (nSPS) is 21.1. The van der Waals surface area contributed by atoms with Crippen LogP contribution in [0.1, 0.15) is 44.2 Å². The van der Waals surface area contributed by atoms with E-state index in [2.05, 4.69) is 0 Å². The van der Waals surface area contributed by atoms with E-state index >= 15 is 0 Å². The molecule has 1 unspecified atom stereocenters. The third kappa shape index (κ3) is 2.90. The van der Waals surface area contributed by atoms with E-state index in [9.17, 15) is 8.42 Å². The van der Waals surface area contributed by atoms with Crippen LogP contribution in [0.2, 0.25) is 0 Å². The molecule has 0 aliphatic carbocycles. The summed E-state index contributed by atoms with van der Waals surface area (Å²) in [5.41, 5.74) is 7.39. The molecule has 1 aliphatic rings. The molecule has 112 valence electrons. The van der Waals surface area contributed by atoms with E-state index in [1.165, 1.54) is 0 Å². The highest BCUT2D eigenvalue weighted by atomic mass is 32.2. The summed E-state index contributed by atoms with van der Waals surface area (Å²) < 4.78 is 27.5. The molecule has 1 saturated heterocycles. The first-order valence-electron chi connectivity index (χ1n) is 7.34. The van der Waals surface area contributed by atoms with Crippen LogP contribution in [0.25, 0.3) is 0 Å². The summed E-state index contributed by atoms with van der Waals surface area (Å²) in [6, 6.07) is 5.64. The van der Waals surface area contributed by atoms with Crippen molar-refractivity contribution in [1.29, 1.82) is 0 Å². The number of piperidine rings is 1. The molecule has 1 aromatic rings. The van der Waals surface area contributed by atoms with Gasteiger partial charge in [-0.3, -0.25) is 0 Å². The van der Waals surface area contributed by atoms with Gasteiger partial charge in [0.15, 0.2) is 0 Å². The predicted molar refractivity (Wildman–Crippen MR) is 80.9 cm³/mol. The molecule has 0 radical (unpaired) electrons. The summed E-state index contributed by atoms with van der Waals surface area (Å²) in [6.45, 7) is 4.97. The van der Waals surface area contributed by atoms with Gasteiger partial charge < -0.3 is 5.73 Å². The van der Waals surface area contributed by atoms with Crippen LogP contribution < -0.4 is 5.73 Å². The van der Waals surface area contributed by atoms with Gasteiger partial charge in [-0.2, -0.15) is 4.31 Å². The Morgan fingerprint density at radius 1 is 1.35 bits per heavy atom. The number of rotatable bonds is 4. The van der Waals surface area contributed by atoms with Crippen LogP contribution in [0.5, 0.6) is 0 Å². The molecule has 0 spiro atoms. The highest BCUT2D eigenvalue weighted by Crippen LogP contribution is 2.28. The second-order valence-corrected chi connectivity index (χ2v) is 7.32. The zero-order valence-corrected chi connectivity index (χ0v) is 13.1. The van der Waals surface area contributed by atoms with Gasteiger partial charge in [0.25, 0.3) is 0 Å². The van der Waals surface area contributed by atoms with Gasteiger partial charge in [0.1, 0.15) is 0 Å². The van der Waals surface area contributed by atoms with E-state index in [4.69, 9.17) is 5.73 Å². The lowest BCUT2D eigenvalue weighted by molar-refractivity contribution is 0.268. The van der Waals surface area contributed by atoms with E-state index in [0.29, 0.717) is 24.4 Å². The number of benzene rings is 1.